The molecule has 0 amide bonds. The average Bonchev–Trinajstić information content (AvgIpc) is 3.16. The number of hydrogen-bond donors (Lipinski definition) is 0. The van der Waals surface area contributed by atoms with Gasteiger partial charge in [-0.15, -0.1) is 0 Å². The quantitative estimate of drug-likeness (QED) is 0.727. The number of hydrogen-bond acceptors (Lipinski definition) is 4. The lowest BCUT2D eigenvalue weighted by atomic mass is 10.1. The Morgan fingerprint density at radius 3 is 2.74 bits per heavy atom. The molecule has 1 aromatic heterocycles. The van der Waals surface area contributed by atoms with Crippen LogP contribution in [0.5, 0.6) is 17.2 Å². The van der Waals surface area contributed by atoms with Gasteiger partial charge in [-0.3, -0.25) is 0 Å². The van der Waals surface area contributed by atoms with Gasteiger partial charge in [0.25, 0.3) is 0 Å². The Morgan fingerprint density at radius 2 is 1.96 bits per heavy atom. The van der Waals surface area contributed by atoms with E-state index in [1.165, 1.54) is 0 Å². The Balaban J connectivity index is 1.99. The molecule has 23 heavy (non-hydrogen) atoms. The first kappa shape index (κ1) is 13.5. The van der Waals surface area contributed by atoms with Crippen molar-refractivity contribution in [1.82, 2.24) is 4.57 Å². The normalized spacial score (nSPS) is 12.4. The lowest BCUT2D eigenvalue weighted by molar-refractivity contribution is 0.174. The zero-order valence-electron chi connectivity index (χ0n) is 12.8. The third-order valence-electron chi connectivity index (χ3n) is 4.17. The fourth-order valence-electron chi connectivity index (χ4n) is 3.04. The van der Waals surface area contributed by atoms with Crippen molar-refractivity contribution < 1.29 is 14.2 Å². The van der Waals surface area contributed by atoms with Gasteiger partial charge >= 0.3 is 0 Å². The molecule has 0 bridgehead atoms. The second kappa shape index (κ2) is 4.96. The zero-order chi connectivity index (χ0) is 16.0. The molecule has 0 spiro atoms. The minimum atomic E-state index is 0.232. The summed E-state index contributed by atoms with van der Waals surface area (Å²) in [5, 5.41) is 10.6. The van der Waals surface area contributed by atoms with Crippen molar-refractivity contribution in [3.63, 3.8) is 0 Å². The van der Waals surface area contributed by atoms with Crippen LogP contribution in [0, 0.1) is 11.3 Å². The molecule has 0 unspecified atom stereocenters. The van der Waals surface area contributed by atoms with Gasteiger partial charge in [0.05, 0.1) is 23.9 Å². The van der Waals surface area contributed by atoms with Crippen LogP contribution < -0.4 is 14.2 Å². The smallest absolute Gasteiger partial charge is 0.231 e. The molecule has 5 heteroatoms. The van der Waals surface area contributed by atoms with E-state index < -0.39 is 0 Å². The van der Waals surface area contributed by atoms with Crippen LogP contribution in [0.15, 0.2) is 36.4 Å². The molecule has 1 aliphatic rings. The number of benzene rings is 2. The number of ether oxygens (including phenoxy) is 3. The van der Waals surface area contributed by atoms with Crippen LogP contribution in [-0.4, -0.2) is 18.5 Å². The van der Waals surface area contributed by atoms with Crippen molar-refractivity contribution in [2.24, 2.45) is 7.05 Å². The van der Waals surface area contributed by atoms with Crippen LogP contribution in [-0.2, 0) is 7.05 Å². The van der Waals surface area contributed by atoms with E-state index in [4.69, 9.17) is 14.2 Å². The molecular formula is C18H14N2O3. The molecule has 2 aromatic carbocycles. The molecule has 0 saturated carbocycles. The minimum absolute atomic E-state index is 0.232. The summed E-state index contributed by atoms with van der Waals surface area (Å²) in [6.07, 6.45) is 0. The van der Waals surface area contributed by atoms with Crippen molar-refractivity contribution in [3.8, 4) is 34.6 Å². The number of aryl methyl sites for hydroxylation is 1. The van der Waals surface area contributed by atoms with Crippen LogP contribution in [0.25, 0.3) is 22.2 Å². The highest BCUT2D eigenvalue weighted by Gasteiger charge is 2.20. The monoisotopic (exact) mass is 306 g/mol. The number of nitriles is 1. The average molecular weight is 306 g/mol. The standard InChI is InChI=1S/C18H14N2O3/c1-20-15-8-12(21-2)4-5-13(15)14(9-19)18(20)11-3-6-16-17(7-11)23-10-22-16/h3-8H,10H2,1-2H3. The fraction of sp³-hybridized carbons (Fsp3) is 0.167. The minimum Gasteiger partial charge on any atom is -0.497 e. The first-order valence-electron chi connectivity index (χ1n) is 7.19. The number of methoxy groups -OCH3 is 1. The van der Waals surface area contributed by atoms with Gasteiger partial charge < -0.3 is 18.8 Å². The molecule has 0 N–H and O–H groups in total. The number of nitrogens with zero attached hydrogens (tertiary/aromatic N) is 2. The summed E-state index contributed by atoms with van der Waals surface area (Å²) in [6, 6.07) is 13.8. The molecule has 0 saturated heterocycles. The highest BCUT2D eigenvalue weighted by molar-refractivity contribution is 5.95. The van der Waals surface area contributed by atoms with Crippen LogP contribution >= 0.6 is 0 Å². The lowest BCUT2D eigenvalue weighted by Crippen LogP contribution is -1.93. The first-order valence-corrected chi connectivity index (χ1v) is 7.19. The van der Waals surface area contributed by atoms with Gasteiger partial charge in [-0.05, 0) is 30.3 Å². The van der Waals surface area contributed by atoms with Gasteiger partial charge in [-0.2, -0.15) is 5.26 Å². The van der Waals surface area contributed by atoms with E-state index in [9.17, 15) is 5.26 Å². The Kier molecular flexibility index (Phi) is 2.91. The van der Waals surface area contributed by atoms with E-state index in [-0.39, 0.29) is 6.79 Å². The van der Waals surface area contributed by atoms with Crippen molar-refractivity contribution in [1.29, 1.82) is 5.26 Å². The molecule has 0 fully saturated rings. The van der Waals surface area contributed by atoms with E-state index >= 15 is 0 Å². The van der Waals surface area contributed by atoms with E-state index in [0.717, 1.165) is 33.7 Å². The Labute approximate surface area is 133 Å². The second-order valence-electron chi connectivity index (χ2n) is 5.35. The van der Waals surface area contributed by atoms with Gasteiger partial charge in [0, 0.05) is 24.1 Å². The van der Waals surface area contributed by atoms with E-state index in [1.54, 1.807) is 7.11 Å². The molecule has 0 aliphatic carbocycles. The molecule has 0 atom stereocenters. The Hall–Kier alpha value is -3.13. The van der Waals surface area contributed by atoms with E-state index in [0.29, 0.717) is 11.3 Å². The number of aromatic nitrogens is 1. The van der Waals surface area contributed by atoms with Crippen molar-refractivity contribution in [2.45, 2.75) is 0 Å². The predicted molar refractivity (Wildman–Crippen MR) is 85.7 cm³/mol. The third-order valence-corrected chi connectivity index (χ3v) is 4.17. The molecule has 0 radical (unpaired) electrons. The summed E-state index contributed by atoms with van der Waals surface area (Å²) >= 11 is 0. The summed E-state index contributed by atoms with van der Waals surface area (Å²) in [7, 11) is 3.58. The zero-order valence-corrected chi connectivity index (χ0v) is 12.8. The van der Waals surface area contributed by atoms with Crippen LogP contribution in [0.1, 0.15) is 5.56 Å². The Morgan fingerprint density at radius 1 is 1.13 bits per heavy atom. The molecule has 5 nitrogen and oxygen atoms in total. The van der Waals surface area contributed by atoms with Gasteiger partial charge in [0.15, 0.2) is 11.5 Å². The summed E-state index contributed by atoms with van der Waals surface area (Å²) in [5.41, 5.74) is 3.37. The van der Waals surface area contributed by atoms with Crippen LogP contribution in [0.4, 0.5) is 0 Å². The van der Waals surface area contributed by atoms with Crippen molar-refractivity contribution in [2.75, 3.05) is 13.9 Å². The Bertz CT molecular complexity index is 967. The third kappa shape index (κ3) is 1.92. The van der Waals surface area contributed by atoms with Crippen molar-refractivity contribution >= 4 is 10.9 Å². The highest BCUT2D eigenvalue weighted by Crippen LogP contribution is 2.39. The maximum atomic E-state index is 9.66. The van der Waals surface area contributed by atoms with Gasteiger partial charge in [-0.25, -0.2) is 0 Å². The summed E-state index contributed by atoms with van der Waals surface area (Å²) in [5.74, 6) is 2.20. The number of rotatable bonds is 2. The summed E-state index contributed by atoms with van der Waals surface area (Å²) in [4.78, 5) is 0. The fourth-order valence-corrected chi connectivity index (χ4v) is 3.04. The van der Waals surface area contributed by atoms with Gasteiger partial charge in [0.2, 0.25) is 6.79 Å². The van der Waals surface area contributed by atoms with Crippen molar-refractivity contribution in [3.05, 3.63) is 42.0 Å². The molecule has 3 aromatic rings. The molecule has 114 valence electrons. The summed E-state index contributed by atoms with van der Waals surface area (Å²) in [6.45, 7) is 0.232. The van der Waals surface area contributed by atoms with Crippen LogP contribution in [0.2, 0.25) is 0 Å². The maximum Gasteiger partial charge on any atom is 0.231 e. The highest BCUT2D eigenvalue weighted by atomic mass is 16.7. The molecular weight excluding hydrogens is 292 g/mol. The summed E-state index contributed by atoms with van der Waals surface area (Å²) < 4.78 is 18.1. The van der Waals surface area contributed by atoms with E-state index in [2.05, 4.69) is 6.07 Å². The predicted octanol–water partition coefficient (Wildman–Crippen LogP) is 3.45. The largest absolute Gasteiger partial charge is 0.497 e. The SMILES string of the molecule is COc1ccc2c(C#N)c(-c3ccc4c(c3)OCO4)n(C)c2c1. The van der Waals surface area contributed by atoms with Gasteiger partial charge in [-0.1, -0.05) is 0 Å². The molecule has 2 heterocycles. The first-order chi connectivity index (χ1) is 11.2. The maximum absolute atomic E-state index is 9.66. The number of fused-ring (bicyclic) bond motifs is 2. The molecule has 1 aliphatic heterocycles. The molecule has 4 rings (SSSR count). The lowest BCUT2D eigenvalue weighted by Gasteiger charge is -2.07. The second-order valence-corrected chi connectivity index (χ2v) is 5.35. The van der Waals surface area contributed by atoms with Crippen LogP contribution in [0.3, 0.4) is 0 Å². The van der Waals surface area contributed by atoms with Gasteiger partial charge in [0.1, 0.15) is 11.8 Å². The topological polar surface area (TPSA) is 56.4 Å². The van der Waals surface area contributed by atoms with E-state index in [1.807, 2.05) is 48.0 Å².